The van der Waals surface area contributed by atoms with E-state index in [1.54, 1.807) is 0 Å². The Labute approximate surface area is 103 Å². The topological polar surface area (TPSA) is 72.2 Å². The summed E-state index contributed by atoms with van der Waals surface area (Å²) in [7, 11) is -3.11. The number of hydrogen-bond acceptors (Lipinski definition) is 4. The van der Waals surface area contributed by atoms with Gasteiger partial charge in [0, 0.05) is 11.3 Å². The lowest BCUT2D eigenvalue weighted by Crippen LogP contribution is -2.40. The van der Waals surface area contributed by atoms with E-state index in [0.717, 1.165) is 19.3 Å². The van der Waals surface area contributed by atoms with Crippen LogP contribution in [0.25, 0.3) is 0 Å². The maximum Gasteiger partial charge on any atom is 0.211 e. The number of sulfonamides is 1. The van der Waals surface area contributed by atoms with Crippen molar-refractivity contribution in [1.82, 2.24) is 4.72 Å². The molecule has 96 valence electrons. The van der Waals surface area contributed by atoms with E-state index in [9.17, 15) is 8.42 Å². The predicted molar refractivity (Wildman–Crippen MR) is 70.2 cm³/mol. The molecule has 1 rings (SSSR count). The van der Waals surface area contributed by atoms with Crippen molar-refractivity contribution in [3.8, 4) is 0 Å². The Morgan fingerprint density at radius 1 is 1.44 bits per heavy atom. The third-order valence-corrected chi connectivity index (χ3v) is 5.54. The zero-order valence-corrected chi connectivity index (χ0v) is 11.4. The minimum Gasteiger partial charge on any atom is -0.330 e. The van der Waals surface area contributed by atoms with Crippen LogP contribution in [0.15, 0.2) is 0 Å². The maximum absolute atomic E-state index is 11.7. The number of nitrogens with two attached hydrogens (primary N) is 1. The highest BCUT2D eigenvalue weighted by molar-refractivity contribution is 7.99. The number of hydrogen-bond donors (Lipinski definition) is 2. The smallest absolute Gasteiger partial charge is 0.211 e. The summed E-state index contributed by atoms with van der Waals surface area (Å²) >= 11 is 1.84. The van der Waals surface area contributed by atoms with E-state index in [4.69, 9.17) is 5.73 Å². The van der Waals surface area contributed by atoms with E-state index < -0.39 is 10.0 Å². The molecule has 6 heteroatoms. The van der Waals surface area contributed by atoms with Gasteiger partial charge >= 0.3 is 0 Å². The minimum absolute atomic E-state index is 0.133. The SMILES string of the molecule is CSC1CCCC(NS(=O)(=O)CCCN)C1. The van der Waals surface area contributed by atoms with E-state index in [-0.39, 0.29) is 11.8 Å². The lowest BCUT2D eigenvalue weighted by atomic mass is 9.96. The van der Waals surface area contributed by atoms with Crippen molar-refractivity contribution in [2.45, 2.75) is 43.4 Å². The molecule has 0 radical (unpaired) electrons. The van der Waals surface area contributed by atoms with Crippen molar-refractivity contribution in [3.63, 3.8) is 0 Å². The molecule has 0 bridgehead atoms. The Hall–Kier alpha value is 0.220. The summed E-state index contributed by atoms with van der Waals surface area (Å²) in [5.74, 6) is 0.157. The number of nitrogens with one attached hydrogen (secondary N) is 1. The summed E-state index contributed by atoms with van der Waals surface area (Å²) in [4.78, 5) is 0. The van der Waals surface area contributed by atoms with Crippen molar-refractivity contribution < 1.29 is 8.42 Å². The van der Waals surface area contributed by atoms with Crippen LogP contribution < -0.4 is 10.5 Å². The van der Waals surface area contributed by atoms with Crippen molar-refractivity contribution in [1.29, 1.82) is 0 Å². The Bertz CT molecular complexity index is 293. The molecule has 3 N–H and O–H groups in total. The van der Waals surface area contributed by atoms with Gasteiger partial charge in [-0.1, -0.05) is 6.42 Å². The summed E-state index contributed by atoms with van der Waals surface area (Å²) in [5, 5.41) is 0.607. The first-order valence-corrected chi connectivity index (χ1v) is 8.74. The third-order valence-electron chi connectivity index (χ3n) is 2.92. The molecule has 0 aliphatic heterocycles. The van der Waals surface area contributed by atoms with Gasteiger partial charge in [-0.2, -0.15) is 11.8 Å². The fourth-order valence-electron chi connectivity index (χ4n) is 2.05. The second-order valence-corrected chi connectivity index (χ2v) is 7.31. The molecule has 1 aliphatic carbocycles. The van der Waals surface area contributed by atoms with Crippen LogP contribution in [0.1, 0.15) is 32.1 Å². The van der Waals surface area contributed by atoms with Gasteiger partial charge in [0.1, 0.15) is 0 Å². The van der Waals surface area contributed by atoms with Crippen LogP contribution in [-0.4, -0.2) is 38.3 Å². The second kappa shape index (κ2) is 6.83. The fraction of sp³-hybridized carbons (Fsp3) is 1.00. The van der Waals surface area contributed by atoms with Crippen LogP contribution in [0.4, 0.5) is 0 Å². The number of rotatable bonds is 6. The molecule has 0 aromatic heterocycles. The van der Waals surface area contributed by atoms with E-state index in [1.165, 1.54) is 6.42 Å². The van der Waals surface area contributed by atoms with Gasteiger partial charge in [-0.05, 0) is 38.5 Å². The van der Waals surface area contributed by atoms with Crippen molar-refractivity contribution >= 4 is 21.8 Å². The zero-order chi connectivity index (χ0) is 12.0. The Kier molecular flexibility index (Phi) is 6.10. The van der Waals surface area contributed by atoms with Crippen molar-refractivity contribution in [2.24, 2.45) is 5.73 Å². The van der Waals surface area contributed by atoms with Crippen LogP contribution >= 0.6 is 11.8 Å². The highest BCUT2D eigenvalue weighted by Gasteiger charge is 2.24. The van der Waals surface area contributed by atoms with E-state index in [2.05, 4.69) is 11.0 Å². The summed E-state index contributed by atoms with van der Waals surface area (Å²) in [6.45, 7) is 0.430. The minimum atomic E-state index is -3.11. The van der Waals surface area contributed by atoms with Crippen LogP contribution in [0, 0.1) is 0 Å². The molecule has 16 heavy (non-hydrogen) atoms. The molecule has 1 saturated carbocycles. The normalized spacial score (nSPS) is 26.9. The van der Waals surface area contributed by atoms with E-state index >= 15 is 0 Å². The van der Waals surface area contributed by atoms with Gasteiger partial charge in [-0.25, -0.2) is 13.1 Å². The monoisotopic (exact) mass is 266 g/mol. The second-order valence-electron chi connectivity index (χ2n) is 4.30. The predicted octanol–water partition coefficient (Wildman–Crippen LogP) is 0.929. The molecule has 1 fully saturated rings. The Morgan fingerprint density at radius 2 is 2.19 bits per heavy atom. The van der Waals surface area contributed by atoms with E-state index in [1.807, 2.05) is 11.8 Å². The fourth-order valence-corrected chi connectivity index (χ4v) is 4.27. The average Bonchev–Trinajstić information content (AvgIpc) is 2.26. The molecular weight excluding hydrogens is 244 g/mol. The number of thioether (sulfide) groups is 1. The van der Waals surface area contributed by atoms with Crippen LogP contribution in [0.3, 0.4) is 0 Å². The molecule has 2 unspecified atom stereocenters. The quantitative estimate of drug-likeness (QED) is 0.750. The van der Waals surface area contributed by atoms with Crippen molar-refractivity contribution in [2.75, 3.05) is 18.6 Å². The van der Waals surface area contributed by atoms with Gasteiger partial charge in [0.05, 0.1) is 5.75 Å². The van der Waals surface area contributed by atoms with Gasteiger partial charge in [-0.15, -0.1) is 0 Å². The van der Waals surface area contributed by atoms with E-state index in [0.29, 0.717) is 18.2 Å². The lowest BCUT2D eigenvalue weighted by molar-refractivity contribution is 0.420. The van der Waals surface area contributed by atoms with Gasteiger partial charge in [0.15, 0.2) is 0 Å². The summed E-state index contributed by atoms with van der Waals surface area (Å²) in [5.41, 5.74) is 5.32. The first-order valence-electron chi connectivity index (χ1n) is 5.80. The maximum atomic E-state index is 11.7. The lowest BCUT2D eigenvalue weighted by Gasteiger charge is -2.28. The van der Waals surface area contributed by atoms with Gasteiger partial charge < -0.3 is 5.73 Å². The van der Waals surface area contributed by atoms with Gasteiger partial charge in [0.25, 0.3) is 0 Å². The molecule has 0 aromatic rings. The molecule has 2 atom stereocenters. The standard InChI is InChI=1S/C10H22N2O2S2/c1-15-10-5-2-4-9(8-10)12-16(13,14)7-3-6-11/h9-10,12H,2-8,11H2,1H3. The van der Waals surface area contributed by atoms with Gasteiger partial charge in [0.2, 0.25) is 10.0 Å². The summed E-state index contributed by atoms with van der Waals surface area (Å²) in [6.07, 6.45) is 6.89. The molecule has 0 heterocycles. The first kappa shape index (κ1) is 14.3. The molecule has 1 aliphatic rings. The van der Waals surface area contributed by atoms with Crippen LogP contribution in [-0.2, 0) is 10.0 Å². The van der Waals surface area contributed by atoms with Crippen molar-refractivity contribution in [3.05, 3.63) is 0 Å². The third kappa shape index (κ3) is 5.03. The molecular formula is C10H22N2O2S2. The molecule has 0 saturated heterocycles. The molecule has 0 amide bonds. The zero-order valence-electron chi connectivity index (χ0n) is 9.81. The molecule has 0 spiro atoms. The highest BCUT2D eigenvalue weighted by Crippen LogP contribution is 2.27. The largest absolute Gasteiger partial charge is 0.330 e. The summed E-state index contributed by atoms with van der Waals surface area (Å²) < 4.78 is 26.2. The highest BCUT2D eigenvalue weighted by atomic mass is 32.2. The van der Waals surface area contributed by atoms with Gasteiger partial charge in [-0.3, -0.25) is 0 Å². The average molecular weight is 266 g/mol. The Balaban J connectivity index is 2.40. The molecule has 4 nitrogen and oxygen atoms in total. The summed E-state index contributed by atoms with van der Waals surface area (Å²) in [6, 6.07) is 0.133. The first-order chi connectivity index (χ1) is 7.57. The molecule has 0 aromatic carbocycles. The Morgan fingerprint density at radius 3 is 2.81 bits per heavy atom. The van der Waals surface area contributed by atoms with Crippen LogP contribution in [0.2, 0.25) is 0 Å². The van der Waals surface area contributed by atoms with Crippen LogP contribution in [0.5, 0.6) is 0 Å².